The molecule has 0 aliphatic rings. The Morgan fingerprint density at radius 2 is 1.48 bits per heavy atom. The molecule has 0 aliphatic heterocycles. The number of alkyl carbamates (subject to hydrolysis) is 1. The van der Waals surface area contributed by atoms with Crippen LogP contribution in [0, 0.1) is 17.8 Å². The third kappa shape index (κ3) is 9.92. The van der Waals surface area contributed by atoms with Crippen LogP contribution in [0.3, 0.4) is 0 Å². The second-order valence-corrected chi connectivity index (χ2v) is 7.32. The lowest BCUT2D eigenvalue weighted by molar-refractivity contribution is -0.130. The standard InChI is InChI=1S/C17H32N2O4/c1-11(2)13(4)14(20)10-12(3)15(21)18-8-9-19-16(22)23-17(5,6)7/h11-13H,8-10H2,1-7H3,(H,18,21)(H,19,22)/t12-,13+/m1/s1. The highest BCUT2D eigenvalue weighted by Gasteiger charge is 2.22. The summed E-state index contributed by atoms with van der Waals surface area (Å²) in [5.74, 6) is -0.213. The van der Waals surface area contributed by atoms with Crippen molar-refractivity contribution in [2.45, 2.75) is 60.5 Å². The average molecular weight is 328 g/mol. The van der Waals surface area contributed by atoms with Gasteiger partial charge in [-0.15, -0.1) is 0 Å². The van der Waals surface area contributed by atoms with Gasteiger partial charge in [-0.1, -0.05) is 27.7 Å². The molecule has 6 nitrogen and oxygen atoms in total. The van der Waals surface area contributed by atoms with E-state index < -0.39 is 11.7 Å². The topological polar surface area (TPSA) is 84.5 Å². The molecule has 0 aromatic heterocycles. The fourth-order valence-corrected chi connectivity index (χ4v) is 1.79. The third-order valence-electron chi connectivity index (χ3n) is 3.56. The Kier molecular flexibility index (Phi) is 8.87. The molecule has 23 heavy (non-hydrogen) atoms. The smallest absolute Gasteiger partial charge is 0.407 e. The predicted octanol–water partition coefficient (Wildman–Crippen LogP) is 2.51. The third-order valence-corrected chi connectivity index (χ3v) is 3.56. The quantitative estimate of drug-likeness (QED) is 0.671. The lowest BCUT2D eigenvalue weighted by Gasteiger charge is -2.20. The van der Waals surface area contributed by atoms with Gasteiger partial charge < -0.3 is 15.4 Å². The van der Waals surface area contributed by atoms with E-state index in [4.69, 9.17) is 4.74 Å². The Labute approximate surface area is 139 Å². The number of carbonyl (C=O) groups is 3. The van der Waals surface area contributed by atoms with E-state index in [1.54, 1.807) is 27.7 Å². The van der Waals surface area contributed by atoms with Gasteiger partial charge in [-0.2, -0.15) is 0 Å². The first-order valence-electron chi connectivity index (χ1n) is 8.21. The van der Waals surface area contributed by atoms with Crippen LogP contribution in [0.1, 0.15) is 54.9 Å². The van der Waals surface area contributed by atoms with Gasteiger partial charge in [-0.3, -0.25) is 9.59 Å². The maximum atomic E-state index is 12.0. The normalized spacial score (nSPS) is 14.1. The van der Waals surface area contributed by atoms with E-state index in [0.717, 1.165) is 0 Å². The van der Waals surface area contributed by atoms with E-state index in [-0.39, 0.29) is 42.4 Å². The van der Waals surface area contributed by atoms with Crippen molar-refractivity contribution < 1.29 is 19.1 Å². The molecule has 0 spiro atoms. The fraction of sp³-hybridized carbons (Fsp3) is 0.824. The van der Waals surface area contributed by atoms with Gasteiger partial charge in [0, 0.05) is 31.3 Å². The summed E-state index contributed by atoms with van der Waals surface area (Å²) in [6.45, 7) is 13.6. The molecule has 0 heterocycles. The molecule has 0 aromatic carbocycles. The SMILES string of the molecule is CC(C)[C@H](C)C(=O)C[C@@H](C)C(=O)NCCNC(=O)OC(C)(C)C. The summed E-state index contributed by atoms with van der Waals surface area (Å²) in [6.07, 6.45) is -0.272. The minimum absolute atomic E-state index is 0.0425. The van der Waals surface area contributed by atoms with Crippen LogP contribution in [0.5, 0.6) is 0 Å². The zero-order valence-corrected chi connectivity index (χ0v) is 15.5. The monoisotopic (exact) mass is 328 g/mol. The van der Waals surface area contributed by atoms with Crippen molar-refractivity contribution >= 4 is 17.8 Å². The summed E-state index contributed by atoms with van der Waals surface area (Å²) >= 11 is 0. The highest BCUT2D eigenvalue weighted by Crippen LogP contribution is 2.16. The van der Waals surface area contributed by atoms with Gasteiger partial charge in [0.05, 0.1) is 0 Å². The van der Waals surface area contributed by atoms with Gasteiger partial charge in [-0.25, -0.2) is 4.79 Å². The van der Waals surface area contributed by atoms with Gasteiger partial charge in [0.2, 0.25) is 5.91 Å². The molecule has 0 unspecified atom stereocenters. The molecule has 134 valence electrons. The Morgan fingerprint density at radius 3 is 1.96 bits per heavy atom. The summed E-state index contributed by atoms with van der Waals surface area (Å²) in [4.78, 5) is 35.4. The summed E-state index contributed by atoms with van der Waals surface area (Å²) < 4.78 is 5.09. The van der Waals surface area contributed by atoms with Crippen LogP contribution in [-0.4, -0.2) is 36.5 Å². The molecule has 0 rings (SSSR count). The number of ketones is 1. The van der Waals surface area contributed by atoms with E-state index in [1.807, 2.05) is 20.8 Å². The highest BCUT2D eigenvalue weighted by molar-refractivity contribution is 5.87. The van der Waals surface area contributed by atoms with Crippen molar-refractivity contribution in [1.29, 1.82) is 0 Å². The van der Waals surface area contributed by atoms with Crippen molar-refractivity contribution in [3.63, 3.8) is 0 Å². The minimum atomic E-state index is -0.546. The largest absolute Gasteiger partial charge is 0.444 e. The number of nitrogens with one attached hydrogen (secondary N) is 2. The summed E-state index contributed by atoms with van der Waals surface area (Å²) in [5, 5.41) is 5.28. The summed E-state index contributed by atoms with van der Waals surface area (Å²) in [5.41, 5.74) is -0.546. The first-order chi connectivity index (χ1) is 10.4. The Morgan fingerprint density at radius 1 is 0.957 bits per heavy atom. The number of rotatable bonds is 8. The van der Waals surface area contributed by atoms with Gasteiger partial charge in [-0.05, 0) is 26.7 Å². The maximum absolute atomic E-state index is 12.0. The first kappa shape index (κ1) is 21.4. The van der Waals surface area contributed by atoms with Crippen molar-refractivity contribution in [3.05, 3.63) is 0 Å². The zero-order valence-electron chi connectivity index (χ0n) is 15.5. The van der Waals surface area contributed by atoms with Gasteiger partial charge in [0.1, 0.15) is 11.4 Å². The van der Waals surface area contributed by atoms with Crippen molar-refractivity contribution in [2.24, 2.45) is 17.8 Å². The Balaban J connectivity index is 4.02. The van der Waals surface area contributed by atoms with Gasteiger partial charge >= 0.3 is 6.09 Å². The Hall–Kier alpha value is -1.59. The molecular weight excluding hydrogens is 296 g/mol. The number of ether oxygens (including phenoxy) is 1. The summed E-state index contributed by atoms with van der Waals surface area (Å²) in [7, 11) is 0. The molecule has 0 aromatic rings. The van der Waals surface area contributed by atoms with Crippen molar-refractivity contribution in [3.8, 4) is 0 Å². The number of carbonyl (C=O) groups excluding carboxylic acids is 3. The molecular formula is C17H32N2O4. The van der Waals surface area contributed by atoms with Crippen molar-refractivity contribution in [1.82, 2.24) is 10.6 Å². The Bertz CT molecular complexity index is 413. The number of Topliss-reactive ketones (excluding diaryl/α,β-unsaturated/α-hetero) is 1. The van der Waals surface area contributed by atoms with E-state index in [9.17, 15) is 14.4 Å². The van der Waals surface area contributed by atoms with E-state index in [2.05, 4.69) is 10.6 Å². The minimum Gasteiger partial charge on any atom is -0.444 e. The predicted molar refractivity (Wildman–Crippen MR) is 90.0 cm³/mol. The fourth-order valence-electron chi connectivity index (χ4n) is 1.79. The molecule has 6 heteroatoms. The van der Waals surface area contributed by atoms with Crippen molar-refractivity contribution in [2.75, 3.05) is 13.1 Å². The van der Waals surface area contributed by atoms with Gasteiger partial charge in [0.15, 0.2) is 0 Å². The number of hydrogen-bond acceptors (Lipinski definition) is 4. The second kappa shape index (κ2) is 9.53. The molecule has 2 amide bonds. The van der Waals surface area contributed by atoms with E-state index in [0.29, 0.717) is 6.54 Å². The maximum Gasteiger partial charge on any atom is 0.407 e. The lowest BCUT2D eigenvalue weighted by Crippen LogP contribution is -2.39. The van der Waals surface area contributed by atoms with E-state index >= 15 is 0 Å². The van der Waals surface area contributed by atoms with Crippen LogP contribution >= 0.6 is 0 Å². The zero-order chi connectivity index (χ0) is 18.2. The van der Waals surface area contributed by atoms with Crippen LogP contribution in [-0.2, 0) is 14.3 Å². The van der Waals surface area contributed by atoms with Crippen LogP contribution in [0.25, 0.3) is 0 Å². The lowest BCUT2D eigenvalue weighted by atomic mass is 9.88. The van der Waals surface area contributed by atoms with Crippen LogP contribution in [0.4, 0.5) is 4.79 Å². The second-order valence-electron chi connectivity index (χ2n) is 7.32. The van der Waals surface area contributed by atoms with E-state index in [1.165, 1.54) is 0 Å². The molecule has 0 radical (unpaired) electrons. The first-order valence-corrected chi connectivity index (χ1v) is 8.21. The molecule has 2 atom stereocenters. The summed E-state index contributed by atoms with van der Waals surface area (Å²) in [6, 6.07) is 0. The molecule has 0 saturated carbocycles. The van der Waals surface area contributed by atoms with Gasteiger partial charge in [0.25, 0.3) is 0 Å². The average Bonchev–Trinajstić information content (AvgIpc) is 2.40. The number of hydrogen-bond donors (Lipinski definition) is 2. The molecule has 0 saturated heterocycles. The highest BCUT2D eigenvalue weighted by atomic mass is 16.6. The van der Waals surface area contributed by atoms with Crippen LogP contribution < -0.4 is 10.6 Å². The van der Waals surface area contributed by atoms with Crippen LogP contribution in [0.2, 0.25) is 0 Å². The molecule has 0 bridgehead atoms. The van der Waals surface area contributed by atoms with Crippen LogP contribution in [0.15, 0.2) is 0 Å². The molecule has 0 aliphatic carbocycles. The molecule has 2 N–H and O–H groups in total. The molecule has 0 fully saturated rings. The number of amides is 2.